The molecule has 30 heavy (non-hydrogen) atoms. The Morgan fingerprint density at radius 3 is 2.43 bits per heavy atom. The zero-order valence-corrected chi connectivity index (χ0v) is 20.1. The highest BCUT2D eigenvalue weighted by Gasteiger charge is 2.35. The minimum Gasteiger partial charge on any atom is -0.481 e. The number of aldehydes is 1. The molecule has 0 heterocycles. The average molecular weight is 441 g/mol. The van der Waals surface area contributed by atoms with Crippen LogP contribution in [0.1, 0.15) is 64.5 Å². The third kappa shape index (κ3) is 11.1. The molecule has 1 atom stereocenters. The van der Waals surface area contributed by atoms with Gasteiger partial charge in [0.05, 0.1) is 12.0 Å². The minimum atomic E-state index is -0.925. The highest BCUT2D eigenvalue weighted by atomic mass is 32.2. The number of aryl methyl sites for hydroxylation is 1. The average Bonchev–Trinajstić information content (AvgIpc) is 2.72. The summed E-state index contributed by atoms with van der Waals surface area (Å²) >= 11 is 1.74. The molecule has 1 aromatic carbocycles. The summed E-state index contributed by atoms with van der Waals surface area (Å²) in [5.74, 6) is 0.889. The maximum absolute atomic E-state index is 12.0. The van der Waals surface area contributed by atoms with Crippen LogP contribution in [0.4, 0.5) is 0 Å². The number of benzene rings is 1. The van der Waals surface area contributed by atoms with Crippen molar-refractivity contribution < 1.29 is 24.5 Å². The number of carboxylic acids is 1. The van der Waals surface area contributed by atoms with Gasteiger partial charge in [0.1, 0.15) is 6.29 Å². The summed E-state index contributed by atoms with van der Waals surface area (Å²) in [7, 11) is 1.68. The molecule has 0 aromatic heterocycles. The second kappa shape index (κ2) is 15.4. The number of methoxy groups -OCH3 is 1. The van der Waals surface area contributed by atoms with Crippen LogP contribution in [0.3, 0.4) is 0 Å². The smallest absolute Gasteiger partial charge is 0.313 e. The van der Waals surface area contributed by atoms with Gasteiger partial charge in [0, 0.05) is 25.9 Å². The summed E-state index contributed by atoms with van der Waals surface area (Å²) in [5.41, 5.74) is 1.000. The van der Waals surface area contributed by atoms with Crippen molar-refractivity contribution in [2.75, 3.05) is 31.8 Å². The lowest BCUT2D eigenvalue weighted by Crippen LogP contribution is -2.33. The lowest BCUT2D eigenvalue weighted by atomic mass is 9.76. The number of aliphatic hydroxyl groups is 1. The van der Waals surface area contributed by atoms with Crippen molar-refractivity contribution >= 4 is 24.0 Å². The molecule has 0 saturated carbocycles. The van der Waals surface area contributed by atoms with Crippen LogP contribution in [0.25, 0.3) is 0 Å². The monoisotopic (exact) mass is 440 g/mol. The van der Waals surface area contributed by atoms with Gasteiger partial charge in [-0.3, -0.25) is 4.79 Å². The number of rotatable bonds is 14. The van der Waals surface area contributed by atoms with E-state index >= 15 is 0 Å². The molecule has 0 aliphatic carbocycles. The summed E-state index contributed by atoms with van der Waals surface area (Å²) in [6.07, 6.45) is 4.33. The van der Waals surface area contributed by atoms with E-state index in [0.717, 1.165) is 48.4 Å². The van der Waals surface area contributed by atoms with E-state index in [1.165, 1.54) is 0 Å². The highest BCUT2D eigenvalue weighted by Crippen LogP contribution is 2.34. The predicted molar refractivity (Wildman–Crippen MR) is 125 cm³/mol. The fourth-order valence-electron chi connectivity index (χ4n) is 3.08. The standard InChI is InChI=1S/C21H32O4S.C3H8O/c1-20(2,16-26-14-13-23)10-6-11-21(3,19(24)25)18-9-4-7-17(15-18)8-5-12-22;1-3-4-2/h4,7,9,12,15,23H,5-6,8,10-11,13-14,16H2,1-3H3,(H,24,25);3H2,1-2H3/t21-;/m1./s1. The number of aliphatic hydroxyl groups excluding tert-OH is 1. The minimum absolute atomic E-state index is 0.116. The van der Waals surface area contributed by atoms with Crippen LogP contribution in [0.15, 0.2) is 24.3 Å². The van der Waals surface area contributed by atoms with Crippen LogP contribution in [0.5, 0.6) is 0 Å². The van der Waals surface area contributed by atoms with Crippen LogP contribution in [0, 0.1) is 5.41 Å². The van der Waals surface area contributed by atoms with Crippen molar-refractivity contribution in [3.8, 4) is 0 Å². The summed E-state index contributed by atoms with van der Waals surface area (Å²) in [6.45, 7) is 9.14. The Bertz CT molecular complexity index is 615. The van der Waals surface area contributed by atoms with E-state index in [-0.39, 0.29) is 12.0 Å². The fourth-order valence-corrected chi connectivity index (χ4v) is 4.05. The van der Waals surface area contributed by atoms with Crippen molar-refractivity contribution in [2.24, 2.45) is 5.41 Å². The maximum Gasteiger partial charge on any atom is 0.313 e. The molecule has 0 amide bonds. The lowest BCUT2D eigenvalue weighted by molar-refractivity contribution is -0.143. The van der Waals surface area contributed by atoms with Crippen LogP contribution < -0.4 is 0 Å². The Labute approximate surface area is 186 Å². The third-order valence-electron chi connectivity index (χ3n) is 5.13. The van der Waals surface area contributed by atoms with Crippen LogP contribution >= 0.6 is 11.8 Å². The molecule has 0 radical (unpaired) electrons. The van der Waals surface area contributed by atoms with E-state index < -0.39 is 11.4 Å². The van der Waals surface area contributed by atoms with Crippen LogP contribution in [0.2, 0.25) is 0 Å². The van der Waals surface area contributed by atoms with Crippen molar-refractivity contribution in [1.29, 1.82) is 0 Å². The Hall–Kier alpha value is -1.37. The van der Waals surface area contributed by atoms with Crippen LogP contribution in [-0.4, -0.2) is 54.3 Å². The third-order valence-corrected chi connectivity index (χ3v) is 6.59. The number of aliphatic carboxylic acids is 1. The number of thioether (sulfide) groups is 1. The molecule has 0 saturated heterocycles. The summed E-state index contributed by atoms with van der Waals surface area (Å²) in [6, 6.07) is 7.63. The van der Waals surface area contributed by atoms with Gasteiger partial charge in [-0.1, -0.05) is 44.5 Å². The second-order valence-electron chi connectivity index (χ2n) is 8.41. The van der Waals surface area contributed by atoms with Crippen molar-refractivity contribution in [1.82, 2.24) is 0 Å². The van der Waals surface area contributed by atoms with E-state index in [0.29, 0.717) is 19.3 Å². The summed E-state index contributed by atoms with van der Waals surface area (Å²) < 4.78 is 4.54. The normalized spacial score (nSPS) is 13.1. The molecule has 6 heteroatoms. The first-order valence-corrected chi connectivity index (χ1v) is 11.8. The molecule has 0 spiro atoms. The molecule has 0 fully saturated rings. The number of carboxylic acid groups (broad SMARTS) is 1. The van der Waals surface area contributed by atoms with Gasteiger partial charge in [-0.15, -0.1) is 0 Å². The van der Waals surface area contributed by atoms with Crippen molar-refractivity contribution in [3.63, 3.8) is 0 Å². The van der Waals surface area contributed by atoms with E-state index in [1.54, 1.807) is 25.8 Å². The van der Waals surface area contributed by atoms with Gasteiger partial charge in [-0.25, -0.2) is 0 Å². The fraction of sp³-hybridized carbons (Fsp3) is 0.667. The number of carbonyl (C=O) groups excluding carboxylic acids is 1. The van der Waals surface area contributed by atoms with Gasteiger partial charge < -0.3 is 19.7 Å². The quantitative estimate of drug-likeness (QED) is 0.321. The van der Waals surface area contributed by atoms with E-state index in [4.69, 9.17) is 5.11 Å². The SMILES string of the molecule is CC(C)(CCC[C@@](C)(C(=O)O)c1cccc(CCC=O)c1)CSCCO.CCOC. The molecule has 172 valence electrons. The molecular weight excluding hydrogens is 400 g/mol. The van der Waals surface area contributed by atoms with Gasteiger partial charge in [0.15, 0.2) is 0 Å². The molecule has 2 N–H and O–H groups in total. The number of hydrogen-bond donors (Lipinski definition) is 2. The largest absolute Gasteiger partial charge is 0.481 e. The molecule has 0 unspecified atom stereocenters. The Kier molecular flexibility index (Phi) is 14.7. The number of hydrogen-bond acceptors (Lipinski definition) is 5. The van der Waals surface area contributed by atoms with E-state index in [2.05, 4.69) is 18.6 Å². The molecule has 0 bridgehead atoms. The van der Waals surface area contributed by atoms with Crippen LogP contribution in [-0.2, 0) is 26.2 Å². The first-order valence-electron chi connectivity index (χ1n) is 10.6. The number of ether oxygens (including phenoxy) is 1. The summed E-state index contributed by atoms with van der Waals surface area (Å²) in [4.78, 5) is 22.6. The van der Waals surface area contributed by atoms with Gasteiger partial charge in [0.25, 0.3) is 0 Å². The molecule has 1 aromatic rings. The Balaban J connectivity index is 0.00000192. The second-order valence-corrected chi connectivity index (χ2v) is 9.52. The van der Waals surface area contributed by atoms with Gasteiger partial charge >= 0.3 is 5.97 Å². The Morgan fingerprint density at radius 2 is 1.90 bits per heavy atom. The number of carbonyl (C=O) groups is 2. The van der Waals surface area contributed by atoms with Crippen molar-refractivity contribution in [2.45, 2.75) is 65.2 Å². The molecular formula is C24H40O5S. The summed E-state index contributed by atoms with van der Waals surface area (Å²) in [5, 5.41) is 18.8. The van der Waals surface area contributed by atoms with E-state index in [1.807, 2.05) is 31.2 Å². The first-order chi connectivity index (χ1) is 14.2. The van der Waals surface area contributed by atoms with Gasteiger partial charge in [-0.2, -0.15) is 11.8 Å². The van der Waals surface area contributed by atoms with Gasteiger partial charge in [-0.05, 0) is 55.4 Å². The van der Waals surface area contributed by atoms with E-state index in [9.17, 15) is 14.7 Å². The van der Waals surface area contributed by atoms with Gasteiger partial charge in [0.2, 0.25) is 0 Å². The topological polar surface area (TPSA) is 83.8 Å². The first kappa shape index (κ1) is 28.6. The molecule has 0 aliphatic heterocycles. The zero-order valence-electron chi connectivity index (χ0n) is 19.3. The molecule has 5 nitrogen and oxygen atoms in total. The predicted octanol–water partition coefficient (Wildman–Crippen LogP) is 4.74. The highest BCUT2D eigenvalue weighted by molar-refractivity contribution is 7.99. The molecule has 0 aliphatic rings. The lowest BCUT2D eigenvalue weighted by Gasteiger charge is -2.29. The molecule has 1 rings (SSSR count). The van der Waals surface area contributed by atoms with Crippen molar-refractivity contribution in [3.05, 3.63) is 35.4 Å². The zero-order chi connectivity index (χ0) is 23.0. The maximum atomic E-state index is 12.0. The Morgan fingerprint density at radius 1 is 1.23 bits per heavy atom.